The van der Waals surface area contributed by atoms with E-state index in [0.29, 0.717) is 32.4 Å². The maximum absolute atomic E-state index is 13.0. The van der Waals surface area contributed by atoms with E-state index in [2.05, 4.69) is 0 Å². The summed E-state index contributed by atoms with van der Waals surface area (Å²) in [6, 6.07) is 9.10. The Morgan fingerprint density at radius 2 is 1.89 bits per heavy atom. The molecule has 0 bridgehead atoms. The highest BCUT2D eigenvalue weighted by molar-refractivity contribution is 7.80. The number of hydrogen-bond donors (Lipinski definition) is 0. The van der Waals surface area contributed by atoms with Crippen LogP contribution in [0.5, 0.6) is 0 Å². The van der Waals surface area contributed by atoms with Gasteiger partial charge in [0.1, 0.15) is 17.2 Å². The normalized spacial score (nSPS) is 19.9. The molecule has 7 heteroatoms. The van der Waals surface area contributed by atoms with Gasteiger partial charge in [-0.1, -0.05) is 42.5 Å². The smallest absolute Gasteiger partial charge is 0.277 e. The van der Waals surface area contributed by atoms with E-state index >= 15 is 0 Å². The molecule has 2 heterocycles. The van der Waals surface area contributed by atoms with E-state index in [1.807, 2.05) is 25.2 Å². The summed E-state index contributed by atoms with van der Waals surface area (Å²) in [5.74, 6) is 1.14. The third-order valence-corrected chi connectivity index (χ3v) is 6.35. The second-order valence-corrected chi connectivity index (χ2v) is 8.37. The Bertz CT molecular complexity index is 963. The Morgan fingerprint density at radius 1 is 1.14 bits per heavy atom. The van der Waals surface area contributed by atoms with Gasteiger partial charge in [-0.2, -0.15) is 0 Å². The molecule has 1 amide bonds. The van der Waals surface area contributed by atoms with Gasteiger partial charge in [-0.15, -0.1) is 0 Å². The van der Waals surface area contributed by atoms with Crippen LogP contribution in [0.4, 0.5) is 0 Å². The topological polar surface area (TPSA) is 36.7 Å². The van der Waals surface area contributed by atoms with Gasteiger partial charge < -0.3 is 9.32 Å². The molecule has 2 aliphatic rings. The first-order valence-corrected chi connectivity index (χ1v) is 10.5. The molecule has 1 aliphatic heterocycles. The van der Waals surface area contributed by atoms with Crippen LogP contribution in [0, 0.1) is 0 Å². The lowest BCUT2D eigenvalue weighted by Gasteiger charge is -2.30. The number of rotatable bonds is 3. The van der Waals surface area contributed by atoms with Crippen LogP contribution < -0.4 is 0 Å². The van der Waals surface area contributed by atoms with E-state index in [0.717, 1.165) is 31.2 Å². The quantitative estimate of drug-likeness (QED) is 0.439. The Morgan fingerprint density at radius 3 is 2.61 bits per heavy atom. The fourth-order valence-corrected chi connectivity index (χ4v) is 4.67. The van der Waals surface area contributed by atoms with Crippen molar-refractivity contribution in [3.8, 4) is 11.3 Å². The van der Waals surface area contributed by atoms with Crippen LogP contribution in [0.1, 0.15) is 37.9 Å². The molecule has 1 saturated heterocycles. The minimum absolute atomic E-state index is 0.0538. The van der Waals surface area contributed by atoms with Crippen LogP contribution in [0.25, 0.3) is 17.4 Å². The average Bonchev–Trinajstić information content (AvgIpc) is 3.22. The molecule has 1 aliphatic carbocycles. The van der Waals surface area contributed by atoms with E-state index in [9.17, 15) is 4.79 Å². The van der Waals surface area contributed by atoms with Crippen LogP contribution in [0.15, 0.2) is 40.4 Å². The molecule has 0 spiro atoms. The molecule has 1 saturated carbocycles. The summed E-state index contributed by atoms with van der Waals surface area (Å²) in [6.07, 6.45) is 7.27. The van der Waals surface area contributed by atoms with E-state index < -0.39 is 0 Å². The molecule has 0 radical (unpaired) electrons. The van der Waals surface area contributed by atoms with Crippen molar-refractivity contribution in [2.75, 3.05) is 7.05 Å². The number of halogens is 2. The van der Waals surface area contributed by atoms with Gasteiger partial charge in [0, 0.05) is 29.8 Å². The van der Waals surface area contributed by atoms with Gasteiger partial charge >= 0.3 is 0 Å². The zero-order valence-corrected chi connectivity index (χ0v) is 17.8. The molecule has 4 nitrogen and oxygen atoms in total. The number of benzene rings is 1. The van der Waals surface area contributed by atoms with Gasteiger partial charge in [0.2, 0.25) is 0 Å². The number of carbonyl (C=O) groups is 1. The molecule has 1 aromatic heterocycles. The van der Waals surface area contributed by atoms with Crippen LogP contribution in [-0.4, -0.2) is 33.9 Å². The summed E-state index contributed by atoms with van der Waals surface area (Å²) >= 11 is 17.8. The van der Waals surface area contributed by atoms with Gasteiger partial charge in [0.15, 0.2) is 5.11 Å². The van der Waals surface area contributed by atoms with Gasteiger partial charge in [-0.25, -0.2) is 0 Å². The molecule has 28 heavy (non-hydrogen) atoms. The number of amides is 1. The third kappa shape index (κ3) is 3.59. The molecule has 4 rings (SSSR count). The molecule has 2 fully saturated rings. The fraction of sp³-hybridized carbons (Fsp3) is 0.333. The van der Waals surface area contributed by atoms with Gasteiger partial charge in [0.25, 0.3) is 5.91 Å². The van der Waals surface area contributed by atoms with Crippen molar-refractivity contribution in [1.82, 2.24) is 9.80 Å². The largest absolute Gasteiger partial charge is 0.457 e. The second kappa shape index (κ2) is 7.90. The molecule has 0 atom stereocenters. The Kier molecular flexibility index (Phi) is 5.50. The Hall–Kier alpha value is -1.82. The van der Waals surface area contributed by atoms with Crippen molar-refractivity contribution in [3.63, 3.8) is 0 Å². The summed E-state index contributed by atoms with van der Waals surface area (Å²) < 4.78 is 5.92. The molecule has 1 aromatic carbocycles. The maximum atomic E-state index is 13.0. The minimum Gasteiger partial charge on any atom is -0.457 e. The molecular formula is C21H20Cl2N2O2S. The predicted molar refractivity (Wildman–Crippen MR) is 116 cm³/mol. The number of hydrogen-bond acceptors (Lipinski definition) is 3. The maximum Gasteiger partial charge on any atom is 0.277 e. The highest BCUT2D eigenvalue weighted by Gasteiger charge is 2.40. The zero-order chi connectivity index (χ0) is 19.8. The van der Waals surface area contributed by atoms with E-state index in [4.69, 9.17) is 39.8 Å². The lowest BCUT2D eigenvalue weighted by molar-refractivity contribution is -0.124. The summed E-state index contributed by atoms with van der Waals surface area (Å²) in [5.41, 5.74) is 1.28. The third-order valence-electron chi connectivity index (χ3n) is 5.33. The predicted octanol–water partition coefficient (Wildman–Crippen LogP) is 5.99. The number of nitrogens with zero attached hydrogens (tertiary/aromatic N) is 2. The standard InChI is InChI=1S/C21H20Cl2N2O2S/c1-24-18(20(26)25(21(24)28)14-5-3-2-4-6-14)12-15-8-10-19(27-15)16-9-7-13(22)11-17(16)23/h7-12,14H,2-6H2,1H3/b18-12-. The number of carbonyl (C=O) groups excluding carboxylic acids is 1. The molecule has 0 N–H and O–H groups in total. The second-order valence-electron chi connectivity index (χ2n) is 7.16. The Labute approximate surface area is 179 Å². The fourth-order valence-electron chi connectivity index (χ4n) is 3.84. The number of likely N-dealkylation sites (N-methyl/N-ethyl adjacent to an activating group) is 1. The van der Waals surface area contributed by atoms with Crippen molar-refractivity contribution in [2.45, 2.75) is 38.1 Å². The summed E-state index contributed by atoms with van der Waals surface area (Å²) in [4.78, 5) is 16.6. The van der Waals surface area contributed by atoms with Crippen LogP contribution in [0.3, 0.4) is 0 Å². The minimum atomic E-state index is -0.0538. The van der Waals surface area contributed by atoms with E-state index in [1.54, 1.807) is 28.0 Å². The van der Waals surface area contributed by atoms with Gasteiger partial charge in [0.05, 0.1) is 5.02 Å². The van der Waals surface area contributed by atoms with Crippen molar-refractivity contribution in [1.29, 1.82) is 0 Å². The average molecular weight is 435 g/mol. The zero-order valence-electron chi connectivity index (χ0n) is 15.5. The van der Waals surface area contributed by atoms with Crippen molar-refractivity contribution in [2.24, 2.45) is 0 Å². The lowest BCUT2D eigenvalue weighted by Crippen LogP contribution is -2.41. The Balaban J connectivity index is 1.61. The van der Waals surface area contributed by atoms with Gasteiger partial charge in [-0.05, 0) is 55.4 Å². The molecule has 146 valence electrons. The highest BCUT2D eigenvalue weighted by Crippen LogP contribution is 2.34. The lowest BCUT2D eigenvalue weighted by atomic mass is 9.94. The molecule has 0 unspecified atom stereocenters. The number of furan rings is 1. The van der Waals surface area contributed by atoms with Crippen LogP contribution >= 0.6 is 35.4 Å². The first-order valence-electron chi connectivity index (χ1n) is 9.34. The first-order chi connectivity index (χ1) is 13.5. The first kappa shape index (κ1) is 19.5. The number of thiocarbonyl (C=S) groups is 1. The van der Waals surface area contributed by atoms with E-state index in [-0.39, 0.29) is 11.9 Å². The van der Waals surface area contributed by atoms with E-state index in [1.165, 1.54) is 6.42 Å². The van der Waals surface area contributed by atoms with Crippen molar-refractivity contribution < 1.29 is 9.21 Å². The summed E-state index contributed by atoms with van der Waals surface area (Å²) in [7, 11) is 1.83. The van der Waals surface area contributed by atoms with Crippen molar-refractivity contribution >= 4 is 52.5 Å². The van der Waals surface area contributed by atoms with Crippen LogP contribution in [0.2, 0.25) is 10.0 Å². The SMILES string of the molecule is CN1C(=S)N(C2CCCCC2)C(=O)/C1=C/c1ccc(-c2ccc(Cl)cc2Cl)o1. The highest BCUT2D eigenvalue weighted by atomic mass is 35.5. The monoisotopic (exact) mass is 434 g/mol. The molecule has 2 aromatic rings. The van der Waals surface area contributed by atoms with Crippen LogP contribution in [-0.2, 0) is 4.79 Å². The summed E-state index contributed by atoms with van der Waals surface area (Å²) in [5, 5.41) is 1.65. The molecular weight excluding hydrogens is 415 g/mol. The van der Waals surface area contributed by atoms with Crippen molar-refractivity contribution in [3.05, 3.63) is 51.8 Å². The van der Waals surface area contributed by atoms with Gasteiger partial charge in [-0.3, -0.25) is 9.69 Å². The summed E-state index contributed by atoms with van der Waals surface area (Å²) in [6.45, 7) is 0.